The summed E-state index contributed by atoms with van der Waals surface area (Å²) in [7, 11) is 0. The molecule has 2 aliphatic heterocycles. The van der Waals surface area contributed by atoms with Gasteiger partial charge in [-0.3, -0.25) is 5.32 Å². The molecule has 1 aliphatic carbocycles. The standard InChI is InChI=1S/C24H25FN6O3/c1-12-16(8-30-22-21(12)28-2-3-33-22)15-4-13-5-18(29-9-17(13)20(26)19(15)25)31-23(32)34-14-6-24(7-14)10-27-11-24/h4-5,8-9,14,27-28H,2-3,6-7,10-11,26H2,1H3,(H,29,31,32). The highest BCUT2D eigenvalue weighted by Gasteiger charge is 2.50. The van der Waals surface area contributed by atoms with E-state index in [1.165, 1.54) is 6.20 Å². The molecule has 2 aromatic heterocycles. The minimum Gasteiger partial charge on any atom is -0.474 e. The second-order valence-electron chi connectivity index (χ2n) is 9.36. The molecule has 0 atom stereocenters. The summed E-state index contributed by atoms with van der Waals surface area (Å²) >= 11 is 0. The van der Waals surface area contributed by atoms with Crippen LogP contribution in [0, 0.1) is 18.2 Å². The molecule has 1 aromatic carbocycles. The highest BCUT2D eigenvalue weighted by molar-refractivity contribution is 5.99. The van der Waals surface area contributed by atoms with E-state index in [0.29, 0.717) is 52.2 Å². The zero-order valence-electron chi connectivity index (χ0n) is 18.7. The van der Waals surface area contributed by atoms with E-state index in [2.05, 4.69) is 25.9 Å². The van der Waals surface area contributed by atoms with Gasteiger partial charge in [-0.25, -0.2) is 19.2 Å². The van der Waals surface area contributed by atoms with Gasteiger partial charge in [-0.15, -0.1) is 0 Å². The molecule has 0 unspecified atom stereocenters. The van der Waals surface area contributed by atoms with Crippen molar-refractivity contribution in [2.45, 2.75) is 25.9 Å². The maximum Gasteiger partial charge on any atom is 0.413 e. The average molecular weight is 465 g/mol. The second kappa shape index (κ2) is 7.69. The molecule has 176 valence electrons. The third-order valence-corrected chi connectivity index (χ3v) is 7.06. The zero-order chi connectivity index (χ0) is 23.4. The molecule has 0 bridgehead atoms. The van der Waals surface area contributed by atoms with Crippen molar-refractivity contribution in [3.63, 3.8) is 0 Å². The summed E-state index contributed by atoms with van der Waals surface area (Å²) in [5.41, 5.74) is 8.94. The fraction of sp³-hybridized carbons (Fsp3) is 0.375. The predicted octanol–water partition coefficient (Wildman–Crippen LogP) is 3.43. The first kappa shape index (κ1) is 20.9. The summed E-state index contributed by atoms with van der Waals surface area (Å²) in [4.78, 5) is 20.9. The van der Waals surface area contributed by atoms with E-state index in [1.54, 1.807) is 18.3 Å². The third kappa shape index (κ3) is 3.37. The summed E-state index contributed by atoms with van der Waals surface area (Å²) < 4.78 is 26.4. The minimum atomic E-state index is -0.546. The van der Waals surface area contributed by atoms with E-state index in [4.69, 9.17) is 15.2 Å². The molecule has 6 rings (SSSR count). The van der Waals surface area contributed by atoms with E-state index in [0.717, 1.165) is 37.2 Å². The molecule has 4 heterocycles. The van der Waals surface area contributed by atoms with E-state index in [-0.39, 0.29) is 11.8 Å². The Hall–Kier alpha value is -3.66. The van der Waals surface area contributed by atoms with Crippen LogP contribution in [0.5, 0.6) is 5.88 Å². The normalized spacial score (nSPS) is 18.3. The fourth-order valence-electron chi connectivity index (χ4n) is 5.10. The molecule has 5 N–H and O–H groups in total. The molecule has 1 saturated heterocycles. The monoisotopic (exact) mass is 464 g/mol. The Balaban J connectivity index is 1.28. The van der Waals surface area contributed by atoms with Crippen LogP contribution in [0.1, 0.15) is 18.4 Å². The molecule has 1 spiro atoms. The summed E-state index contributed by atoms with van der Waals surface area (Å²) in [5.74, 6) is 0.270. The number of nitrogens with zero attached hydrogens (tertiary/aromatic N) is 2. The highest BCUT2D eigenvalue weighted by Crippen LogP contribution is 2.45. The molecule has 10 heteroatoms. The maximum atomic E-state index is 15.3. The average Bonchev–Trinajstić information content (AvgIpc) is 2.78. The van der Waals surface area contributed by atoms with Crippen LogP contribution < -0.4 is 26.4 Å². The number of nitrogens with one attached hydrogen (secondary N) is 3. The first-order chi connectivity index (χ1) is 16.4. The van der Waals surface area contributed by atoms with Gasteiger partial charge in [0.25, 0.3) is 0 Å². The Morgan fingerprint density at radius 2 is 2.09 bits per heavy atom. The van der Waals surface area contributed by atoms with E-state index in [1.807, 2.05) is 6.92 Å². The van der Waals surface area contributed by atoms with Crippen LogP contribution in [0.4, 0.5) is 26.4 Å². The Kier molecular flexibility index (Phi) is 4.73. The number of nitrogen functional groups attached to an aromatic ring is 1. The van der Waals surface area contributed by atoms with Crippen molar-refractivity contribution >= 4 is 34.1 Å². The number of carbonyl (C=O) groups is 1. The van der Waals surface area contributed by atoms with Crippen LogP contribution in [-0.4, -0.2) is 48.4 Å². The van der Waals surface area contributed by atoms with Gasteiger partial charge in [0.15, 0.2) is 5.82 Å². The number of carbonyl (C=O) groups excluding carboxylic acids is 1. The first-order valence-electron chi connectivity index (χ1n) is 11.4. The smallest absolute Gasteiger partial charge is 0.413 e. The van der Waals surface area contributed by atoms with Crippen LogP contribution in [0.2, 0.25) is 0 Å². The Bertz CT molecular complexity index is 1320. The van der Waals surface area contributed by atoms with Gasteiger partial charge >= 0.3 is 6.09 Å². The second-order valence-corrected chi connectivity index (χ2v) is 9.36. The van der Waals surface area contributed by atoms with Crippen molar-refractivity contribution in [1.29, 1.82) is 0 Å². The van der Waals surface area contributed by atoms with Gasteiger partial charge in [0.2, 0.25) is 5.88 Å². The van der Waals surface area contributed by atoms with Crippen molar-refractivity contribution in [1.82, 2.24) is 15.3 Å². The topological polar surface area (TPSA) is 123 Å². The molecular formula is C24H25FN6O3. The number of hydrogen-bond donors (Lipinski definition) is 4. The van der Waals surface area contributed by atoms with Crippen LogP contribution in [0.3, 0.4) is 0 Å². The van der Waals surface area contributed by atoms with Gasteiger partial charge in [0.05, 0.1) is 5.69 Å². The molecule has 2 fully saturated rings. The summed E-state index contributed by atoms with van der Waals surface area (Å²) in [5, 5.41) is 10.3. The van der Waals surface area contributed by atoms with Gasteiger partial charge in [-0.05, 0) is 42.8 Å². The molecule has 3 aliphatic rings. The lowest BCUT2D eigenvalue weighted by molar-refractivity contribution is -0.0665. The van der Waals surface area contributed by atoms with E-state index in [9.17, 15) is 4.79 Å². The fourth-order valence-corrected chi connectivity index (χ4v) is 5.10. The van der Waals surface area contributed by atoms with Crippen LogP contribution in [0.15, 0.2) is 24.5 Å². The van der Waals surface area contributed by atoms with Gasteiger partial charge < -0.3 is 25.8 Å². The SMILES string of the molecule is Cc1c(-c2cc3cc(NC(=O)OC4CC5(CNC5)C4)ncc3c(N)c2F)cnc2c1NCCO2. The Morgan fingerprint density at radius 1 is 1.26 bits per heavy atom. The van der Waals surface area contributed by atoms with Gasteiger partial charge in [-0.1, -0.05) is 0 Å². The highest BCUT2D eigenvalue weighted by atomic mass is 19.1. The zero-order valence-corrected chi connectivity index (χ0v) is 18.7. The van der Waals surface area contributed by atoms with Crippen molar-refractivity contribution < 1.29 is 18.7 Å². The molecule has 1 amide bonds. The predicted molar refractivity (Wildman–Crippen MR) is 126 cm³/mol. The van der Waals surface area contributed by atoms with Crippen molar-refractivity contribution in [2.24, 2.45) is 5.41 Å². The lowest BCUT2D eigenvalue weighted by atomic mass is 9.63. The molecule has 34 heavy (non-hydrogen) atoms. The molecule has 9 nitrogen and oxygen atoms in total. The molecule has 0 radical (unpaired) electrons. The van der Waals surface area contributed by atoms with Gasteiger partial charge in [0.1, 0.15) is 24.2 Å². The lowest BCUT2D eigenvalue weighted by Crippen LogP contribution is -2.62. The van der Waals surface area contributed by atoms with E-state index >= 15 is 4.39 Å². The van der Waals surface area contributed by atoms with Gasteiger partial charge in [-0.2, -0.15) is 0 Å². The summed E-state index contributed by atoms with van der Waals surface area (Å²) in [6.45, 7) is 5.04. The quantitative estimate of drug-likeness (QED) is 0.435. The first-order valence-corrected chi connectivity index (χ1v) is 11.4. The number of hydrogen-bond acceptors (Lipinski definition) is 8. The Morgan fingerprint density at radius 3 is 2.85 bits per heavy atom. The molecular weight excluding hydrogens is 439 g/mol. The van der Waals surface area contributed by atoms with Crippen molar-refractivity contribution in [3.8, 4) is 17.0 Å². The minimum absolute atomic E-state index is 0.00988. The number of benzene rings is 1. The largest absolute Gasteiger partial charge is 0.474 e. The number of aromatic nitrogens is 2. The summed E-state index contributed by atoms with van der Waals surface area (Å²) in [6, 6.07) is 3.36. The number of anilines is 3. The molecule has 1 saturated carbocycles. The van der Waals surface area contributed by atoms with Gasteiger partial charge in [0, 0.05) is 54.0 Å². The number of rotatable bonds is 3. The number of ether oxygens (including phenoxy) is 2. The van der Waals surface area contributed by atoms with Crippen molar-refractivity contribution in [2.75, 3.05) is 42.6 Å². The number of pyridine rings is 2. The number of amides is 1. The number of halogens is 1. The van der Waals surface area contributed by atoms with Crippen LogP contribution in [0.25, 0.3) is 21.9 Å². The summed E-state index contributed by atoms with van der Waals surface area (Å²) in [6.07, 6.45) is 4.19. The van der Waals surface area contributed by atoms with E-state index < -0.39 is 11.9 Å². The number of nitrogens with two attached hydrogens (primary N) is 1. The maximum absolute atomic E-state index is 15.3. The Labute approximate surface area is 195 Å². The number of fused-ring (bicyclic) bond motifs is 2. The third-order valence-electron chi connectivity index (χ3n) is 7.06. The molecule has 3 aromatic rings. The van der Waals surface area contributed by atoms with Crippen LogP contribution in [-0.2, 0) is 4.74 Å². The lowest BCUT2D eigenvalue weighted by Gasteiger charge is -2.53. The van der Waals surface area contributed by atoms with Crippen LogP contribution >= 0.6 is 0 Å². The van der Waals surface area contributed by atoms with Crippen molar-refractivity contribution in [3.05, 3.63) is 35.9 Å².